The number of benzene rings is 1. The summed E-state index contributed by atoms with van der Waals surface area (Å²) in [7, 11) is 0. The highest BCUT2D eigenvalue weighted by molar-refractivity contribution is 9.10. The smallest absolute Gasteiger partial charge is 0.157 e. The van der Waals surface area contributed by atoms with Gasteiger partial charge >= 0.3 is 0 Å². The molecule has 86 valence electrons. The topological polar surface area (TPSA) is 24.4 Å². The molecule has 0 saturated carbocycles. The van der Waals surface area contributed by atoms with Crippen LogP contribution in [0, 0.1) is 0 Å². The lowest BCUT2D eigenvalue weighted by molar-refractivity contribution is 0.722. The van der Waals surface area contributed by atoms with E-state index >= 15 is 0 Å². The molecular weight excluding hydrogens is 284 g/mol. The Morgan fingerprint density at radius 2 is 2.12 bits per heavy atom. The van der Waals surface area contributed by atoms with Gasteiger partial charge in [0.05, 0.1) is 12.6 Å². The van der Waals surface area contributed by atoms with E-state index in [9.17, 15) is 0 Å². The Morgan fingerprint density at radius 1 is 1.44 bits per heavy atom. The van der Waals surface area contributed by atoms with Crippen molar-refractivity contribution in [3.8, 4) is 0 Å². The fraction of sp³-hybridized carbons (Fsp3) is 0.417. The van der Waals surface area contributed by atoms with Crippen LogP contribution in [0.15, 0.2) is 33.7 Å². The Morgan fingerprint density at radius 3 is 2.69 bits per heavy atom. The van der Waals surface area contributed by atoms with Gasteiger partial charge in [-0.05, 0) is 24.6 Å². The van der Waals surface area contributed by atoms with Crippen LogP contribution in [0.2, 0.25) is 0 Å². The maximum absolute atomic E-state index is 4.46. The number of nitrogens with one attached hydrogen (secondary N) is 1. The van der Waals surface area contributed by atoms with E-state index in [2.05, 4.69) is 64.4 Å². The second-order valence-electron chi connectivity index (χ2n) is 3.99. The van der Waals surface area contributed by atoms with Crippen LogP contribution in [-0.2, 0) is 0 Å². The molecule has 2 unspecified atom stereocenters. The van der Waals surface area contributed by atoms with E-state index in [0.29, 0.717) is 11.3 Å². The van der Waals surface area contributed by atoms with Gasteiger partial charge in [0, 0.05) is 9.72 Å². The normalized spacial score (nSPS) is 21.7. The molecule has 4 heteroatoms. The lowest BCUT2D eigenvalue weighted by Crippen LogP contribution is -2.23. The third kappa shape index (κ3) is 3.01. The van der Waals surface area contributed by atoms with Crippen molar-refractivity contribution in [3.63, 3.8) is 0 Å². The largest absolute Gasteiger partial charge is 0.358 e. The molecule has 2 atom stereocenters. The molecule has 0 aliphatic carbocycles. The number of nitrogens with zero attached hydrogens (tertiary/aromatic N) is 1. The molecule has 0 amide bonds. The molecule has 1 aliphatic rings. The lowest BCUT2D eigenvalue weighted by atomic mass is 10.1. The van der Waals surface area contributed by atoms with Gasteiger partial charge in [-0.3, -0.25) is 4.99 Å². The molecular formula is C12H15BrN2S. The summed E-state index contributed by atoms with van der Waals surface area (Å²) in [5.41, 5.74) is 1.28. The van der Waals surface area contributed by atoms with Crippen LogP contribution in [0.5, 0.6) is 0 Å². The molecule has 16 heavy (non-hydrogen) atoms. The van der Waals surface area contributed by atoms with Crippen molar-refractivity contribution in [2.75, 3.05) is 6.54 Å². The van der Waals surface area contributed by atoms with Crippen molar-refractivity contribution >= 4 is 32.9 Å². The number of aliphatic imine (C=N–C) groups is 1. The van der Waals surface area contributed by atoms with Crippen molar-refractivity contribution in [2.45, 2.75) is 25.1 Å². The molecule has 0 spiro atoms. The molecule has 0 fully saturated rings. The van der Waals surface area contributed by atoms with E-state index in [1.165, 1.54) is 5.56 Å². The van der Waals surface area contributed by atoms with Crippen LogP contribution >= 0.6 is 27.7 Å². The van der Waals surface area contributed by atoms with Crippen molar-refractivity contribution in [3.05, 3.63) is 34.3 Å². The van der Waals surface area contributed by atoms with E-state index < -0.39 is 0 Å². The summed E-state index contributed by atoms with van der Waals surface area (Å²) in [6, 6.07) is 8.71. The Labute approximate surface area is 109 Å². The molecule has 1 heterocycles. The van der Waals surface area contributed by atoms with Crippen LogP contribution in [0.3, 0.4) is 0 Å². The van der Waals surface area contributed by atoms with Crippen LogP contribution in [-0.4, -0.2) is 17.0 Å². The molecule has 1 aromatic carbocycles. The summed E-state index contributed by atoms with van der Waals surface area (Å²) < 4.78 is 1.12. The zero-order chi connectivity index (χ0) is 11.5. The minimum atomic E-state index is 0.310. The third-order valence-electron chi connectivity index (χ3n) is 2.51. The van der Waals surface area contributed by atoms with E-state index in [4.69, 9.17) is 0 Å². The van der Waals surface area contributed by atoms with Gasteiger partial charge in [-0.15, -0.1) is 0 Å². The molecule has 1 N–H and O–H groups in total. The minimum Gasteiger partial charge on any atom is -0.358 e. The maximum Gasteiger partial charge on any atom is 0.157 e. The first kappa shape index (κ1) is 12.0. The van der Waals surface area contributed by atoms with Crippen LogP contribution in [0.25, 0.3) is 0 Å². The number of amidine groups is 1. The molecule has 1 aliphatic heterocycles. The molecule has 0 saturated heterocycles. The lowest BCUT2D eigenvalue weighted by Gasteiger charge is -2.15. The molecule has 0 bridgehead atoms. The standard InChI is InChI=1S/C12H15BrN2S/c1-8-7-14-12(16-8)15-9(2)10-3-5-11(13)6-4-10/h3-6,8-9H,7H2,1-2H3,(H,14,15). The highest BCUT2D eigenvalue weighted by atomic mass is 79.9. The van der Waals surface area contributed by atoms with Crippen molar-refractivity contribution in [1.82, 2.24) is 5.32 Å². The van der Waals surface area contributed by atoms with Crippen LogP contribution in [0.4, 0.5) is 0 Å². The minimum absolute atomic E-state index is 0.310. The number of rotatable bonds is 2. The van der Waals surface area contributed by atoms with Gasteiger partial charge in [0.25, 0.3) is 0 Å². The fourth-order valence-corrected chi connectivity index (χ4v) is 2.76. The number of halogens is 1. The number of hydrogen-bond acceptors (Lipinski definition) is 3. The highest BCUT2D eigenvalue weighted by Gasteiger charge is 2.16. The zero-order valence-corrected chi connectivity index (χ0v) is 11.8. The predicted octanol–water partition coefficient (Wildman–Crippen LogP) is 3.59. The van der Waals surface area contributed by atoms with E-state index in [-0.39, 0.29) is 0 Å². The van der Waals surface area contributed by atoms with Gasteiger partial charge in [-0.25, -0.2) is 0 Å². The first-order valence-corrected chi connectivity index (χ1v) is 7.05. The average molecular weight is 299 g/mol. The maximum atomic E-state index is 4.46. The van der Waals surface area contributed by atoms with Gasteiger partial charge in [-0.2, -0.15) is 0 Å². The summed E-state index contributed by atoms with van der Waals surface area (Å²) in [6.07, 6.45) is 0. The summed E-state index contributed by atoms with van der Waals surface area (Å²) in [6.45, 7) is 5.29. The molecule has 2 rings (SSSR count). The number of thioether (sulfide) groups is 1. The molecule has 2 nitrogen and oxygen atoms in total. The predicted molar refractivity (Wildman–Crippen MR) is 75.0 cm³/mol. The molecule has 0 radical (unpaired) electrons. The Hall–Kier alpha value is -0.480. The third-order valence-corrected chi connectivity index (χ3v) is 4.07. The summed E-state index contributed by atoms with van der Waals surface area (Å²) in [4.78, 5) is 4.46. The average Bonchev–Trinajstić information content (AvgIpc) is 2.65. The Bertz CT molecular complexity index is 389. The summed E-state index contributed by atoms with van der Waals surface area (Å²) in [5.74, 6) is 0. The SMILES string of the molecule is CC1CN=C(NC(C)c2ccc(Br)cc2)S1. The van der Waals surface area contributed by atoms with Gasteiger partial charge in [0.1, 0.15) is 0 Å². The fourth-order valence-electron chi connectivity index (χ4n) is 1.58. The first-order chi connectivity index (χ1) is 7.65. The van der Waals surface area contributed by atoms with E-state index in [1.807, 2.05) is 11.8 Å². The van der Waals surface area contributed by atoms with Gasteiger partial charge in [0.15, 0.2) is 5.17 Å². The quantitative estimate of drug-likeness (QED) is 0.902. The monoisotopic (exact) mass is 298 g/mol. The van der Waals surface area contributed by atoms with Gasteiger partial charge < -0.3 is 5.32 Å². The second-order valence-corrected chi connectivity index (χ2v) is 6.33. The van der Waals surface area contributed by atoms with Crippen molar-refractivity contribution in [1.29, 1.82) is 0 Å². The van der Waals surface area contributed by atoms with Gasteiger partial charge in [0.2, 0.25) is 0 Å². The summed E-state index contributed by atoms with van der Waals surface area (Å²) in [5, 5.41) is 5.13. The molecule has 0 aromatic heterocycles. The molecule has 1 aromatic rings. The van der Waals surface area contributed by atoms with E-state index in [0.717, 1.165) is 16.2 Å². The van der Waals surface area contributed by atoms with Crippen molar-refractivity contribution in [2.24, 2.45) is 4.99 Å². The Kier molecular flexibility index (Phi) is 3.92. The van der Waals surface area contributed by atoms with Gasteiger partial charge in [-0.1, -0.05) is 46.7 Å². The summed E-state index contributed by atoms with van der Waals surface area (Å²) >= 11 is 5.26. The van der Waals surface area contributed by atoms with E-state index in [1.54, 1.807) is 0 Å². The first-order valence-electron chi connectivity index (χ1n) is 5.38. The second kappa shape index (κ2) is 5.23. The Balaban J connectivity index is 1.98. The number of hydrogen-bond donors (Lipinski definition) is 1. The highest BCUT2D eigenvalue weighted by Crippen LogP contribution is 2.22. The van der Waals surface area contributed by atoms with Crippen LogP contribution < -0.4 is 5.32 Å². The van der Waals surface area contributed by atoms with Crippen LogP contribution in [0.1, 0.15) is 25.5 Å². The van der Waals surface area contributed by atoms with Crippen molar-refractivity contribution < 1.29 is 0 Å². The zero-order valence-electron chi connectivity index (χ0n) is 9.40.